The number of aryl methyl sites for hydroxylation is 1. The van der Waals surface area contributed by atoms with Gasteiger partial charge >= 0.3 is 0 Å². The minimum Gasteiger partial charge on any atom is -0.331 e. The van der Waals surface area contributed by atoms with Gasteiger partial charge in [-0.25, -0.2) is 4.98 Å². The molecule has 0 aliphatic rings. The SMILES string of the molecule is Cc1ccccc1Nc1nc(-c2ccccc2)c(-c2ccccc2)s1. The molecule has 1 aromatic heterocycles. The summed E-state index contributed by atoms with van der Waals surface area (Å²) in [5.41, 5.74) is 5.65. The Morgan fingerprint density at radius 3 is 2.00 bits per heavy atom. The largest absolute Gasteiger partial charge is 0.331 e. The van der Waals surface area contributed by atoms with E-state index in [1.165, 1.54) is 16.0 Å². The summed E-state index contributed by atoms with van der Waals surface area (Å²) in [5, 5.41) is 4.39. The van der Waals surface area contributed by atoms with Gasteiger partial charge in [0, 0.05) is 11.3 Å². The Hall–Kier alpha value is -2.91. The summed E-state index contributed by atoms with van der Waals surface area (Å²) in [7, 11) is 0. The number of anilines is 2. The molecule has 0 spiro atoms. The number of para-hydroxylation sites is 1. The van der Waals surface area contributed by atoms with Gasteiger partial charge in [-0.1, -0.05) is 90.2 Å². The molecule has 0 atom stereocenters. The topological polar surface area (TPSA) is 24.9 Å². The van der Waals surface area contributed by atoms with Crippen LogP contribution in [0.15, 0.2) is 84.9 Å². The van der Waals surface area contributed by atoms with Crippen molar-refractivity contribution in [3.8, 4) is 21.7 Å². The molecule has 0 bridgehead atoms. The fraction of sp³-hybridized carbons (Fsp3) is 0.0455. The van der Waals surface area contributed by atoms with Crippen LogP contribution in [0.3, 0.4) is 0 Å². The van der Waals surface area contributed by atoms with Crippen molar-refractivity contribution in [2.75, 3.05) is 5.32 Å². The normalized spacial score (nSPS) is 10.6. The fourth-order valence-electron chi connectivity index (χ4n) is 2.78. The first-order valence-electron chi connectivity index (χ1n) is 8.25. The van der Waals surface area contributed by atoms with Crippen LogP contribution in [-0.2, 0) is 0 Å². The van der Waals surface area contributed by atoms with Crippen molar-refractivity contribution in [1.82, 2.24) is 4.98 Å². The van der Waals surface area contributed by atoms with Crippen LogP contribution in [-0.4, -0.2) is 4.98 Å². The maximum Gasteiger partial charge on any atom is 0.188 e. The Balaban J connectivity index is 1.80. The smallest absolute Gasteiger partial charge is 0.188 e. The number of benzene rings is 3. The molecular weight excluding hydrogens is 324 g/mol. The zero-order chi connectivity index (χ0) is 17.1. The first-order chi connectivity index (χ1) is 12.3. The molecule has 0 aliphatic carbocycles. The highest BCUT2D eigenvalue weighted by Gasteiger charge is 2.15. The fourth-order valence-corrected chi connectivity index (χ4v) is 3.78. The second-order valence-corrected chi connectivity index (χ2v) is 6.87. The van der Waals surface area contributed by atoms with E-state index in [1.54, 1.807) is 11.3 Å². The zero-order valence-corrected chi connectivity index (χ0v) is 14.8. The molecule has 2 nitrogen and oxygen atoms in total. The van der Waals surface area contributed by atoms with Crippen LogP contribution in [0.4, 0.5) is 10.8 Å². The van der Waals surface area contributed by atoms with E-state index < -0.39 is 0 Å². The summed E-state index contributed by atoms with van der Waals surface area (Å²) in [6.45, 7) is 2.10. The van der Waals surface area contributed by atoms with Gasteiger partial charge < -0.3 is 5.32 Å². The monoisotopic (exact) mass is 342 g/mol. The first-order valence-corrected chi connectivity index (χ1v) is 9.07. The third-order valence-electron chi connectivity index (χ3n) is 4.10. The standard InChI is InChI=1S/C22H18N2S/c1-16-10-8-9-15-19(16)23-22-24-20(17-11-4-2-5-12-17)21(25-22)18-13-6-3-7-14-18/h2-15H,1H3,(H,23,24). The molecule has 0 amide bonds. The van der Waals surface area contributed by atoms with E-state index in [4.69, 9.17) is 4.98 Å². The lowest BCUT2D eigenvalue weighted by Gasteiger charge is -2.05. The molecule has 4 aromatic rings. The van der Waals surface area contributed by atoms with Crippen LogP contribution in [0, 0.1) is 6.92 Å². The molecule has 122 valence electrons. The van der Waals surface area contributed by atoms with E-state index in [0.29, 0.717) is 0 Å². The number of hydrogen-bond acceptors (Lipinski definition) is 3. The van der Waals surface area contributed by atoms with Crippen LogP contribution in [0.2, 0.25) is 0 Å². The Bertz CT molecular complexity index is 918. The Labute approximate surface area is 151 Å². The predicted octanol–water partition coefficient (Wildman–Crippen LogP) is 6.53. The maximum absolute atomic E-state index is 4.90. The molecular formula is C22H18N2S. The number of hydrogen-bond donors (Lipinski definition) is 1. The number of rotatable bonds is 4. The minimum absolute atomic E-state index is 0.909. The minimum atomic E-state index is 0.909. The summed E-state index contributed by atoms with van der Waals surface area (Å²) in [6, 6.07) is 29.1. The molecule has 0 saturated heterocycles. The summed E-state index contributed by atoms with van der Waals surface area (Å²) in [4.78, 5) is 6.08. The van der Waals surface area contributed by atoms with Crippen molar-refractivity contribution in [2.24, 2.45) is 0 Å². The number of thiazole rings is 1. The first kappa shape index (κ1) is 15.6. The van der Waals surface area contributed by atoms with E-state index in [1.807, 2.05) is 24.3 Å². The van der Waals surface area contributed by atoms with Gasteiger partial charge in [0.2, 0.25) is 0 Å². The van der Waals surface area contributed by atoms with E-state index in [9.17, 15) is 0 Å². The van der Waals surface area contributed by atoms with Crippen LogP contribution in [0.1, 0.15) is 5.56 Å². The molecule has 0 radical (unpaired) electrons. The van der Waals surface area contributed by atoms with Gasteiger partial charge in [0.15, 0.2) is 5.13 Å². The lowest BCUT2D eigenvalue weighted by atomic mass is 10.1. The molecule has 25 heavy (non-hydrogen) atoms. The Kier molecular flexibility index (Phi) is 4.32. The van der Waals surface area contributed by atoms with Crippen LogP contribution < -0.4 is 5.32 Å². The Morgan fingerprint density at radius 1 is 0.720 bits per heavy atom. The van der Waals surface area contributed by atoms with Gasteiger partial charge in [-0.05, 0) is 24.1 Å². The lowest BCUT2D eigenvalue weighted by molar-refractivity contribution is 1.36. The van der Waals surface area contributed by atoms with E-state index in [0.717, 1.165) is 22.1 Å². The number of aromatic nitrogens is 1. The van der Waals surface area contributed by atoms with Crippen molar-refractivity contribution in [3.05, 3.63) is 90.5 Å². The van der Waals surface area contributed by atoms with Crippen LogP contribution >= 0.6 is 11.3 Å². The molecule has 0 aliphatic heterocycles. The summed E-state index contributed by atoms with van der Waals surface area (Å²) in [6.07, 6.45) is 0. The highest BCUT2D eigenvalue weighted by molar-refractivity contribution is 7.19. The van der Waals surface area contributed by atoms with Gasteiger partial charge in [-0.2, -0.15) is 0 Å². The van der Waals surface area contributed by atoms with Gasteiger partial charge in [-0.15, -0.1) is 0 Å². The highest BCUT2D eigenvalue weighted by atomic mass is 32.1. The molecule has 4 rings (SSSR count). The van der Waals surface area contributed by atoms with Gasteiger partial charge in [-0.3, -0.25) is 0 Å². The summed E-state index contributed by atoms with van der Waals surface area (Å²) in [5.74, 6) is 0. The third kappa shape index (κ3) is 3.32. The second kappa shape index (κ2) is 6.91. The molecule has 0 saturated carbocycles. The molecule has 1 heterocycles. The van der Waals surface area contributed by atoms with Crippen LogP contribution in [0.5, 0.6) is 0 Å². The molecule has 1 N–H and O–H groups in total. The van der Waals surface area contributed by atoms with Crippen molar-refractivity contribution in [2.45, 2.75) is 6.92 Å². The van der Waals surface area contributed by atoms with Gasteiger partial charge in [0.1, 0.15) is 0 Å². The van der Waals surface area contributed by atoms with Gasteiger partial charge in [0.05, 0.1) is 10.6 Å². The quantitative estimate of drug-likeness (QED) is 0.456. The summed E-state index contributed by atoms with van der Waals surface area (Å²) < 4.78 is 0. The van der Waals surface area contributed by atoms with Crippen molar-refractivity contribution < 1.29 is 0 Å². The van der Waals surface area contributed by atoms with Crippen LogP contribution in [0.25, 0.3) is 21.7 Å². The Morgan fingerprint density at radius 2 is 1.32 bits per heavy atom. The average molecular weight is 342 g/mol. The zero-order valence-electron chi connectivity index (χ0n) is 13.9. The molecule has 0 unspecified atom stereocenters. The third-order valence-corrected chi connectivity index (χ3v) is 5.12. The maximum atomic E-state index is 4.90. The summed E-state index contributed by atoms with van der Waals surface area (Å²) >= 11 is 1.69. The van der Waals surface area contributed by atoms with Crippen molar-refractivity contribution in [1.29, 1.82) is 0 Å². The molecule has 0 fully saturated rings. The molecule has 3 heteroatoms. The number of nitrogens with zero attached hydrogens (tertiary/aromatic N) is 1. The van der Waals surface area contributed by atoms with E-state index >= 15 is 0 Å². The van der Waals surface area contributed by atoms with Crippen molar-refractivity contribution in [3.63, 3.8) is 0 Å². The van der Waals surface area contributed by atoms with Crippen molar-refractivity contribution >= 4 is 22.2 Å². The predicted molar refractivity (Wildman–Crippen MR) is 107 cm³/mol. The average Bonchev–Trinajstić information content (AvgIpc) is 3.09. The van der Waals surface area contributed by atoms with E-state index in [-0.39, 0.29) is 0 Å². The number of nitrogens with one attached hydrogen (secondary N) is 1. The second-order valence-electron chi connectivity index (χ2n) is 5.87. The van der Waals surface area contributed by atoms with Gasteiger partial charge in [0.25, 0.3) is 0 Å². The molecule has 3 aromatic carbocycles. The lowest BCUT2D eigenvalue weighted by Crippen LogP contribution is -1.91. The highest BCUT2D eigenvalue weighted by Crippen LogP contribution is 2.39. The van der Waals surface area contributed by atoms with E-state index in [2.05, 4.69) is 72.9 Å².